The number of unbranched alkanes of at least 4 members (excludes halogenated alkanes) is 1. The van der Waals surface area contributed by atoms with Gasteiger partial charge in [0.25, 0.3) is 0 Å². The quantitative estimate of drug-likeness (QED) is 0.304. The van der Waals surface area contributed by atoms with Gasteiger partial charge >= 0.3 is 0 Å². The molecule has 0 heterocycles. The van der Waals surface area contributed by atoms with Gasteiger partial charge in [-0.25, -0.2) is 0 Å². The van der Waals surface area contributed by atoms with Gasteiger partial charge in [0.15, 0.2) is 0 Å². The third-order valence-electron chi connectivity index (χ3n) is 3.45. The lowest BCUT2D eigenvalue weighted by molar-refractivity contribution is 0.805. The molecule has 0 saturated heterocycles. The van der Waals surface area contributed by atoms with Crippen LogP contribution in [0.3, 0.4) is 0 Å². The summed E-state index contributed by atoms with van der Waals surface area (Å²) in [5.74, 6) is 0.635. The van der Waals surface area contributed by atoms with Crippen molar-refractivity contribution in [1.29, 1.82) is 0 Å². The molecule has 4 heteroatoms. The highest BCUT2D eigenvalue weighted by molar-refractivity contribution is 9.10. The summed E-state index contributed by atoms with van der Waals surface area (Å²) in [4.78, 5) is 0. The van der Waals surface area contributed by atoms with Crippen molar-refractivity contribution in [3.05, 3.63) is 57.0 Å². The molecule has 0 bridgehead atoms. The summed E-state index contributed by atoms with van der Waals surface area (Å²) >= 11 is 19.2. The Hall–Kier alpha value is -0.0200. The Morgan fingerprint density at radius 2 is 1.86 bits per heavy atom. The monoisotopic (exact) mass is 461 g/mol. The number of aryl methyl sites for hydroxylation is 2. The molecule has 0 N–H and O–H groups in total. The smallest absolute Gasteiger partial charge is 0.0493 e. The maximum absolute atomic E-state index is 6.25. The van der Waals surface area contributed by atoms with E-state index in [1.807, 2.05) is 6.07 Å². The minimum atomic E-state index is 0.635. The largest absolute Gasteiger partial charge is 0.126 e. The van der Waals surface area contributed by atoms with E-state index in [-0.39, 0.29) is 0 Å². The Labute approximate surface area is 159 Å². The average molecular weight is 464 g/mol. The van der Waals surface area contributed by atoms with Gasteiger partial charge in [0.1, 0.15) is 0 Å². The lowest BCUT2D eigenvalue weighted by atomic mass is 9.99. The predicted molar refractivity (Wildman–Crippen MR) is 105 cm³/mol. The molecule has 0 aliphatic rings. The fraction of sp³-hybridized carbons (Fsp3) is 0.333. The minimum absolute atomic E-state index is 0.635. The third-order valence-corrected chi connectivity index (χ3v) is 5.06. The van der Waals surface area contributed by atoms with Crippen LogP contribution in [0.2, 0.25) is 5.02 Å². The third kappa shape index (κ3) is 5.26. The van der Waals surface area contributed by atoms with Crippen LogP contribution in [-0.2, 0) is 12.8 Å². The number of benzene rings is 2. The molecule has 2 aromatic rings. The molecule has 22 heavy (non-hydrogen) atoms. The van der Waals surface area contributed by atoms with Crippen molar-refractivity contribution in [3.63, 3.8) is 0 Å². The molecule has 0 atom stereocenters. The first-order valence-corrected chi connectivity index (χ1v) is 10.1. The van der Waals surface area contributed by atoms with E-state index in [0.717, 1.165) is 46.6 Å². The topological polar surface area (TPSA) is 0 Å². The van der Waals surface area contributed by atoms with Crippen LogP contribution in [0.1, 0.15) is 24.0 Å². The first-order chi connectivity index (χ1) is 10.6. The second kappa shape index (κ2) is 9.32. The van der Waals surface area contributed by atoms with Gasteiger partial charge in [-0.3, -0.25) is 0 Å². The standard InChI is InChI=1S/C18H17Br2Cl2/c19-7-2-1-3-14-9-15(12-16(22)10-14)17-5-4-13(6-8-21)11-18(17)20/h4-5,9,11-12H,1-3,6-8H2. The highest BCUT2D eigenvalue weighted by Crippen LogP contribution is 2.32. The van der Waals surface area contributed by atoms with Crippen molar-refractivity contribution in [2.45, 2.75) is 25.7 Å². The van der Waals surface area contributed by atoms with E-state index in [4.69, 9.17) is 23.2 Å². The van der Waals surface area contributed by atoms with Crippen molar-refractivity contribution in [2.24, 2.45) is 0 Å². The van der Waals surface area contributed by atoms with Crippen molar-refractivity contribution in [1.82, 2.24) is 0 Å². The Morgan fingerprint density at radius 1 is 1.05 bits per heavy atom. The van der Waals surface area contributed by atoms with Crippen molar-refractivity contribution >= 4 is 55.1 Å². The molecule has 0 fully saturated rings. The summed E-state index contributed by atoms with van der Waals surface area (Å²) < 4.78 is 1.07. The van der Waals surface area contributed by atoms with E-state index in [2.05, 4.69) is 62.2 Å². The van der Waals surface area contributed by atoms with E-state index >= 15 is 0 Å². The molecule has 2 aromatic carbocycles. The van der Waals surface area contributed by atoms with Crippen LogP contribution in [0.5, 0.6) is 0 Å². The lowest BCUT2D eigenvalue weighted by Crippen LogP contribution is -1.91. The number of hydrogen-bond donors (Lipinski definition) is 0. The molecule has 0 aromatic heterocycles. The second-order valence-corrected chi connectivity index (χ2v) is 7.57. The van der Waals surface area contributed by atoms with E-state index in [0.29, 0.717) is 10.9 Å². The molecule has 0 aliphatic carbocycles. The maximum Gasteiger partial charge on any atom is 0.0493 e. The highest BCUT2D eigenvalue weighted by Gasteiger charge is 2.07. The van der Waals surface area contributed by atoms with Crippen molar-refractivity contribution in [3.8, 4) is 11.1 Å². The van der Waals surface area contributed by atoms with Gasteiger partial charge in [0.05, 0.1) is 0 Å². The van der Waals surface area contributed by atoms with Gasteiger partial charge in [-0.05, 0) is 60.1 Å². The molecule has 0 unspecified atom stereocenters. The number of rotatable bonds is 7. The van der Waals surface area contributed by atoms with Gasteiger partial charge in [0.2, 0.25) is 0 Å². The van der Waals surface area contributed by atoms with Crippen LogP contribution in [0.25, 0.3) is 11.1 Å². The normalized spacial score (nSPS) is 10.9. The fourth-order valence-corrected chi connectivity index (χ4v) is 3.86. The van der Waals surface area contributed by atoms with Crippen LogP contribution < -0.4 is 0 Å². The number of alkyl halides is 2. The van der Waals surface area contributed by atoms with E-state index < -0.39 is 0 Å². The summed E-state index contributed by atoms with van der Waals surface area (Å²) in [7, 11) is 0. The zero-order valence-electron chi connectivity index (χ0n) is 12.1. The van der Waals surface area contributed by atoms with Crippen LogP contribution >= 0.6 is 55.1 Å². The van der Waals surface area contributed by atoms with Crippen LogP contribution in [0, 0.1) is 6.07 Å². The van der Waals surface area contributed by atoms with E-state index in [1.54, 1.807) is 0 Å². The van der Waals surface area contributed by atoms with Crippen LogP contribution in [0.15, 0.2) is 34.8 Å². The molecule has 0 saturated carbocycles. The summed E-state index contributed by atoms with van der Waals surface area (Å²) in [5.41, 5.74) is 4.68. The Bertz CT molecular complexity index is 626. The molecule has 2 rings (SSSR count). The maximum atomic E-state index is 6.25. The van der Waals surface area contributed by atoms with Crippen LogP contribution in [0.4, 0.5) is 0 Å². The fourth-order valence-electron chi connectivity index (χ4n) is 2.35. The Morgan fingerprint density at radius 3 is 2.55 bits per heavy atom. The SMILES string of the molecule is ClCCc1ccc(-c2cc(Cl)[c]c(CCCCBr)c2)c(Br)c1. The molecule has 0 nitrogen and oxygen atoms in total. The molecular weight excluding hydrogens is 447 g/mol. The summed E-state index contributed by atoms with van der Waals surface area (Å²) in [5, 5.41) is 1.71. The van der Waals surface area contributed by atoms with Gasteiger partial charge < -0.3 is 0 Å². The highest BCUT2D eigenvalue weighted by atomic mass is 79.9. The van der Waals surface area contributed by atoms with Crippen LogP contribution in [-0.4, -0.2) is 11.2 Å². The Balaban J connectivity index is 2.27. The van der Waals surface area contributed by atoms with Crippen molar-refractivity contribution in [2.75, 3.05) is 11.2 Å². The molecule has 0 spiro atoms. The van der Waals surface area contributed by atoms with Gasteiger partial charge in [0, 0.05) is 26.8 Å². The first kappa shape index (κ1) is 18.3. The summed E-state index contributed by atoms with van der Waals surface area (Å²) in [6.07, 6.45) is 4.17. The first-order valence-electron chi connectivity index (χ1n) is 7.26. The molecule has 117 valence electrons. The molecule has 1 radical (unpaired) electrons. The zero-order chi connectivity index (χ0) is 15.9. The Kier molecular flexibility index (Phi) is 7.76. The molecular formula is C18H17Br2Cl2. The lowest BCUT2D eigenvalue weighted by Gasteiger charge is -2.10. The predicted octanol–water partition coefficient (Wildman–Crippen LogP) is 7.07. The van der Waals surface area contributed by atoms with E-state index in [9.17, 15) is 0 Å². The summed E-state index contributed by atoms with van der Waals surface area (Å²) in [6.45, 7) is 0. The minimum Gasteiger partial charge on any atom is -0.126 e. The zero-order valence-corrected chi connectivity index (χ0v) is 16.8. The average Bonchev–Trinajstić information content (AvgIpc) is 2.47. The van der Waals surface area contributed by atoms with Crippen molar-refractivity contribution < 1.29 is 0 Å². The van der Waals surface area contributed by atoms with Gasteiger partial charge in [-0.2, -0.15) is 0 Å². The van der Waals surface area contributed by atoms with Gasteiger partial charge in [-0.15, -0.1) is 11.6 Å². The summed E-state index contributed by atoms with van der Waals surface area (Å²) in [6, 6.07) is 13.8. The molecule has 0 aliphatic heterocycles. The number of halogens is 4. The molecule has 0 amide bonds. The second-order valence-electron chi connectivity index (χ2n) is 5.14. The van der Waals surface area contributed by atoms with E-state index in [1.165, 1.54) is 11.1 Å². The van der Waals surface area contributed by atoms with Gasteiger partial charge in [-0.1, -0.05) is 61.7 Å². The number of hydrogen-bond acceptors (Lipinski definition) is 0.